The second-order valence-electron chi connectivity index (χ2n) is 4.30. The van der Waals surface area contributed by atoms with Crippen molar-refractivity contribution in [2.45, 2.75) is 45.7 Å². The summed E-state index contributed by atoms with van der Waals surface area (Å²) in [6.07, 6.45) is 6.05. The predicted molar refractivity (Wildman–Crippen MR) is 70.2 cm³/mol. The Morgan fingerprint density at radius 1 is 1.50 bits per heavy atom. The highest BCUT2D eigenvalue weighted by atomic mass is 16.5. The summed E-state index contributed by atoms with van der Waals surface area (Å²) in [5.41, 5.74) is 1.05. The monoisotopic (exact) mass is 253 g/mol. The first kappa shape index (κ1) is 14.7. The summed E-state index contributed by atoms with van der Waals surface area (Å²) in [6, 6.07) is -0.0218. The number of nitrogens with zero attached hydrogens (tertiary/aromatic N) is 2. The summed E-state index contributed by atoms with van der Waals surface area (Å²) in [6.45, 7) is 6.02. The quantitative estimate of drug-likeness (QED) is 0.719. The molecule has 0 spiro atoms. The van der Waals surface area contributed by atoms with Crippen LogP contribution < -0.4 is 5.32 Å². The molecule has 102 valence electrons. The van der Waals surface area contributed by atoms with Crippen molar-refractivity contribution < 1.29 is 9.53 Å². The van der Waals surface area contributed by atoms with Gasteiger partial charge in [0.25, 0.3) is 0 Å². The van der Waals surface area contributed by atoms with Crippen molar-refractivity contribution >= 4 is 5.97 Å². The SMILES string of the molecule is CCCNC(CC(=O)OC)c1cncn1CCC. The molecule has 0 aliphatic heterocycles. The van der Waals surface area contributed by atoms with E-state index < -0.39 is 0 Å². The molecule has 0 aliphatic carbocycles. The average molecular weight is 253 g/mol. The molecule has 1 aromatic rings. The number of hydrogen-bond acceptors (Lipinski definition) is 4. The van der Waals surface area contributed by atoms with E-state index in [0.717, 1.165) is 31.6 Å². The Balaban J connectivity index is 2.79. The number of aromatic nitrogens is 2. The fourth-order valence-electron chi connectivity index (χ4n) is 1.90. The van der Waals surface area contributed by atoms with Crippen molar-refractivity contribution in [2.75, 3.05) is 13.7 Å². The zero-order chi connectivity index (χ0) is 13.4. The average Bonchev–Trinajstić information content (AvgIpc) is 2.82. The number of carbonyl (C=O) groups is 1. The van der Waals surface area contributed by atoms with Gasteiger partial charge >= 0.3 is 5.97 Å². The Labute approximate surface area is 109 Å². The van der Waals surface area contributed by atoms with E-state index in [1.54, 1.807) is 0 Å². The molecule has 0 radical (unpaired) electrons. The third-order valence-electron chi connectivity index (χ3n) is 2.81. The highest BCUT2D eigenvalue weighted by Crippen LogP contribution is 2.17. The van der Waals surface area contributed by atoms with Crippen LogP contribution >= 0.6 is 0 Å². The lowest BCUT2D eigenvalue weighted by atomic mass is 10.1. The summed E-state index contributed by atoms with van der Waals surface area (Å²) in [5, 5.41) is 3.37. The molecule has 1 unspecified atom stereocenters. The van der Waals surface area contributed by atoms with Crippen LogP contribution in [-0.2, 0) is 16.1 Å². The maximum Gasteiger partial charge on any atom is 0.307 e. The third-order valence-corrected chi connectivity index (χ3v) is 2.81. The molecule has 0 bridgehead atoms. The fourth-order valence-corrected chi connectivity index (χ4v) is 1.90. The first-order chi connectivity index (χ1) is 8.72. The van der Waals surface area contributed by atoms with Gasteiger partial charge in [0.2, 0.25) is 0 Å². The molecule has 1 rings (SSSR count). The summed E-state index contributed by atoms with van der Waals surface area (Å²) < 4.78 is 6.84. The first-order valence-corrected chi connectivity index (χ1v) is 6.53. The van der Waals surface area contributed by atoms with E-state index >= 15 is 0 Å². The molecule has 0 aliphatic rings. The number of imidazole rings is 1. The van der Waals surface area contributed by atoms with E-state index in [1.807, 2.05) is 12.5 Å². The molecule has 0 saturated carbocycles. The molecule has 5 heteroatoms. The third kappa shape index (κ3) is 4.14. The second kappa shape index (κ2) is 7.87. The zero-order valence-corrected chi connectivity index (χ0v) is 11.5. The maximum atomic E-state index is 11.5. The van der Waals surface area contributed by atoms with Crippen molar-refractivity contribution in [3.63, 3.8) is 0 Å². The van der Waals surface area contributed by atoms with Gasteiger partial charge in [-0.2, -0.15) is 0 Å². The van der Waals surface area contributed by atoms with Crippen LogP contribution in [0.5, 0.6) is 0 Å². The van der Waals surface area contributed by atoms with Crippen LogP contribution in [0, 0.1) is 0 Å². The summed E-state index contributed by atoms with van der Waals surface area (Å²) in [4.78, 5) is 15.6. The van der Waals surface area contributed by atoms with Gasteiger partial charge in [0.15, 0.2) is 0 Å². The Morgan fingerprint density at radius 3 is 2.89 bits per heavy atom. The summed E-state index contributed by atoms with van der Waals surface area (Å²) >= 11 is 0. The number of rotatable bonds is 8. The molecule has 1 heterocycles. The number of aryl methyl sites for hydroxylation is 1. The zero-order valence-electron chi connectivity index (χ0n) is 11.5. The lowest BCUT2D eigenvalue weighted by molar-refractivity contribution is -0.141. The van der Waals surface area contributed by atoms with Crippen LogP contribution in [-0.4, -0.2) is 29.2 Å². The van der Waals surface area contributed by atoms with Gasteiger partial charge in [-0.25, -0.2) is 4.98 Å². The van der Waals surface area contributed by atoms with Crippen molar-refractivity contribution in [3.8, 4) is 0 Å². The second-order valence-corrected chi connectivity index (χ2v) is 4.30. The lowest BCUT2D eigenvalue weighted by Gasteiger charge is -2.19. The highest BCUT2D eigenvalue weighted by molar-refractivity contribution is 5.70. The Morgan fingerprint density at radius 2 is 2.28 bits per heavy atom. The van der Waals surface area contributed by atoms with Gasteiger partial charge in [-0.3, -0.25) is 4.79 Å². The minimum absolute atomic E-state index is 0.0218. The molecule has 18 heavy (non-hydrogen) atoms. The van der Waals surface area contributed by atoms with Crippen molar-refractivity contribution in [2.24, 2.45) is 0 Å². The van der Waals surface area contributed by atoms with E-state index in [2.05, 4.69) is 28.7 Å². The van der Waals surface area contributed by atoms with Crippen molar-refractivity contribution in [3.05, 3.63) is 18.2 Å². The number of carbonyl (C=O) groups excluding carboxylic acids is 1. The van der Waals surface area contributed by atoms with Gasteiger partial charge in [0.05, 0.1) is 31.6 Å². The molecule has 1 aromatic heterocycles. The molecule has 0 fully saturated rings. The van der Waals surface area contributed by atoms with Gasteiger partial charge in [0.1, 0.15) is 0 Å². The van der Waals surface area contributed by atoms with Crippen LogP contribution in [0.25, 0.3) is 0 Å². The predicted octanol–water partition coefficient (Wildman–Crippen LogP) is 1.90. The van der Waals surface area contributed by atoms with Crippen LogP contribution in [0.4, 0.5) is 0 Å². The molecular weight excluding hydrogens is 230 g/mol. The van der Waals surface area contributed by atoms with Crippen LogP contribution in [0.15, 0.2) is 12.5 Å². The Hall–Kier alpha value is -1.36. The molecule has 0 aromatic carbocycles. The standard InChI is InChI=1S/C13H23N3O2/c1-4-6-15-11(8-13(17)18-3)12-9-14-10-16(12)7-5-2/h9-11,15H,4-8H2,1-3H3. The fraction of sp³-hybridized carbons (Fsp3) is 0.692. The smallest absolute Gasteiger partial charge is 0.307 e. The molecule has 0 saturated heterocycles. The normalized spacial score (nSPS) is 12.4. The molecular formula is C13H23N3O2. The summed E-state index contributed by atoms with van der Waals surface area (Å²) in [5.74, 6) is -0.201. The Bertz CT molecular complexity index is 363. The molecule has 0 amide bonds. The Kier molecular flexibility index (Phi) is 6.43. The van der Waals surface area contributed by atoms with Gasteiger partial charge in [0, 0.05) is 12.7 Å². The first-order valence-electron chi connectivity index (χ1n) is 6.53. The summed E-state index contributed by atoms with van der Waals surface area (Å²) in [7, 11) is 1.42. The van der Waals surface area contributed by atoms with Crippen molar-refractivity contribution in [1.82, 2.24) is 14.9 Å². The maximum absolute atomic E-state index is 11.5. The van der Waals surface area contributed by atoms with Gasteiger partial charge in [-0.15, -0.1) is 0 Å². The largest absolute Gasteiger partial charge is 0.469 e. The number of ether oxygens (including phenoxy) is 1. The van der Waals surface area contributed by atoms with Crippen LogP contribution in [0.3, 0.4) is 0 Å². The molecule has 1 N–H and O–H groups in total. The van der Waals surface area contributed by atoms with Crippen molar-refractivity contribution in [1.29, 1.82) is 0 Å². The van der Waals surface area contributed by atoms with E-state index in [9.17, 15) is 4.79 Å². The topological polar surface area (TPSA) is 56.1 Å². The number of esters is 1. The number of hydrogen-bond donors (Lipinski definition) is 1. The van der Waals surface area contributed by atoms with E-state index in [4.69, 9.17) is 4.74 Å². The lowest BCUT2D eigenvalue weighted by Crippen LogP contribution is -2.27. The minimum atomic E-state index is -0.201. The van der Waals surface area contributed by atoms with E-state index in [1.165, 1.54) is 7.11 Å². The van der Waals surface area contributed by atoms with E-state index in [0.29, 0.717) is 6.42 Å². The number of nitrogens with one attached hydrogen (secondary N) is 1. The van der Waals surface area contributed by atoms with Gasteiger partial charge in [-0.05, 0) is 19.4 Å². The molecule has 5 nitrogen and oxygen atoms in total. The van der Waals surface area contributed by atoms with E-state index in [-0.39, 0.29) is 12.0 Å². The van der Waals surface area contributed by atoms with Crippen LogP contribution in [0.2, 0.25) is 0 Å². The van der Waals surface area contributed by atoms with Gasteiger partial charge < -0.3 is 14.6 Å². The van der Waals surface area contributed by atoms with Gasteiger partial charge in [-0.1, -0.05) is 13.8 Å². The van der Waals surface area contributed by atoms with Crippen LogP contribution in [0.1, 0.15) is 44.8 Å². The number of methoxy groups -OCH3 is 1. The molecule has 1 atom stereocenters. The minimum Gasteiger partial charge on any atom is -0.469 e. The highest BCUT2D eigenvalue weighted by Gasteiger charge is 2.19.